The molecule has 0 aliphatic heterocycles. The Bertz CT molecular complexity index is 577. The zero-order valence-corrected chi connectivity index (χ0v) is 23.2. The van der Waals surface area contributed by atoms with Gasteiger partial charge in [0.25, 0.3) is 0 Å². The maximum absolute atomic E-state index is 2.29. The van der Waals surface area contributed by atoms with Crippen LogP contribution < -0.4 is 0 Å². The van der Waals surface area contributed by atoms with Crippen molar-refractivity contribution < 1.29 is 25.8 Å². The SMILES string of the molecule is CC(C)(C)C[c-]1ccc2ccccc21.[CH3-].[CH3-].[CH3-].[CH3-].[CH3-].[CH3-].[CH3-].[Hf].c1cc[cH-]c1. The zero-order chi connectivity index (χ0) is 13.7. The molecule has 1 heteroatoms. The minimum Gasteiger partial charge on any atom is -0.358 e. The van der Waals surface area contributed by atoms with Crippen LogP contribution in [0.2, 0.25) is 0 Å². The molecule has 0 unspecified atom stereocenters. The normalized spacial score (nSPS) is 7.81. The van der Waals surface area contributed by atoms with E-state index in [1.54, 1.807) is 0 Å². The van der Waals surface area contributed by atoms with E-state index in [-0.39, 0.29) is 77.8 Å². The third-order valence-corrected chi connectivity index (χ3v) is 3.05. The van der Waals surface area contributed by atoms with E-state index in [9.17, 15) is 0 Å². The third-order valence-electron chi connectivity index (χ3n) is 3.05. The summed E-state index contributed by atoms with van der Waals surface area (Å²) in [6, 6.07) is 23.1. The first-order valence-corrected chi connectivity index (χ1v) is 6.86. The molecule has 0 nitrogen and oxygen atoms in total. The molecule has 0 fully saturated rings. The van der Waals surface area contributed by atoms with Crippen molar-refractivity contribution in [2.75, 3.05) is 0 Å². The van der Waals surface area contributed by atoms with Crippen LogP contribution in [0.1, 0.15) is 26.3 Å². The fourth-order valence-corrected chi connectivity index (χ4v) is 2.26. The van der Waals surface area contributed by atoms with Gasteiger partial charge in [0.15, 0.2) is 0 Å². The first kappa shape index (κ1) is 45.0. The monoisotopic (exact) mass is 535 g/mol. The summed E-state index contributed by atoms with van der Waals surface area (Å²) in [5.74, 6) is 0. The van der Waals surface area contributed by atoms with E-state index in [0.717, 1.165) is 6.42 Å². The van der Waals surface area contributed by atoms with Crippen molar-refractivity contribution >= 4 is 10.8 Å². The van der Waals surface area contributed by atoms with Gasteiger partial charge in [-0.05, 0) is 5.41 Å². The number of rotatable bonds is 1. The van der Waals surface area contributed by atoms with Crippen molar-refractivity contribution in [2.45, 2.75) is 27.2 Å². The quantitative estimate of drug-likeness (QED) is 0.217. The predicted octanol–water partition coefficient (Wildman–Crippen LogP) is 8.70. The number of hydrogen-bond acceptors (Lipinski definition) is 0. The molecule has 0 aliphatic rings. The van der Waals surface area contributed by atoms with Crippen molar-refractivity contribution in [1.29, 1.82) is 0 Å². The van der Waals surface area contributed by atoms with Crippen LogP contribution in [0.15, 0.2) is 66.7 Å². The molecular weight excluding hydrogens is 491 g/mol. The number of fused-ring (bicyclic) bond motifs is 1. The Kier molecular flexibility index (Phi) is 35.6. The summed E-state index contributed by atoms with van der Waals surface area (Å²) >= 11 is 0. The van der Waals surface area contributed by atoms with E-state index < -0.39 is 0 Å². The van der Waals surface area contributed by atoms with Gasteiger partial charge >= 0.3 is 0 Å². The van der Waals surface area contributed by atoms with Crippen LogP contribution in [-0.2, 0) is 32.3 Å². The van der Waals surface area contributed by atoms with Crippen LogP contribution >= 0.6 is 0 Å². The molecule has 0 saturated carbocycles. The molecule has 0 bridgehead atoms. The van der Waals surface area contributed by atoms with Gasteiger partial charge in [0.05, 0.1) is 0 Å². The van der Waals surface area contributed by atoms with Crippen LogP contribution in [-0.4, -0.2) is 0 Å². The van der Waals surface area contributed by atoms with Gasteiger partial charge in [-0.15, -0.1) is 40.6 Å². The van der Waals surface area contributed by atoms with Crippen LogP contribution in [0.25, 0.3) is 10.8 Å². The molecular formula is C26H43Hf-9. The molecule has 160 valence electrons. The molecule has 0 N–H and O–H groups in total. The van der Waals surface area contributed by atoms with Gasteiger partial charge in [0.1, 0.15) is 0 Å². The van der Waals surface area contributed by atoms with E-state index in [2.05, 4.69) is 57.2 Å². The van der Waals surface area contributed by atoms with Gasteiger partial charge in [-0.3, -0.25) is 0 Å². The van der Waals surface area contributed by atoms with Crippen LogP contribution in [0, 0.1) is 57.4 Å². The molecule has 27 heavy (non-hydrogen) atoms. The van der Waals surface area contributed by atoms with E-state index >= 15 is 0 Å². The van der Waals surface area contributed by atoms with Gasteiger partial charge in [0, 0.05) is 25.8 Å². The predicted molar refractivity (Wildman–Crippen MR) is 130 cm³/mol. The van der Waals surface area contributed by atoms with Crippen LogP contribution in [0.5, 0.6) is 0 Å². The summed E-state index contributed by atoms with van der Waals surface area (Å²) in [6.45, 7) is 6.86. The third kappa shape index (κ3) is 15.8. The Morgan fingerprint density at radius 1 is 0.741 bits per heavy atom. The molecule has 0 atom stereocenters. The van der Waals surface area contributed by atoms with Crippen molar-refractivity contribution in [1.82, 2.24) is 0 Å². The smallest absolute Gasteiger partial charge is 0 e. The molecule has 3 rings (SSSR count). The Balaban J connectivity index is -0.0000000552. The summed E-state index contributed by atoms with van der Waals surface area (Å²) in [5, 5.41) is 2.79. The standard InChI is InChI=1S/C14H17.C5H5.7CH3.Hf/c1-14(2,3)10-12-9-8-11-6-4-5-7-13(11)12;1-2-4-5-3-1;;;;;;;;/h4-9H,10H2,1-3H3;1-5H;7*1H3;/q9*-1;. The second-order valence-corrected chi connectivity index (χ2v) is 6.15. The molecule has 0 amide bonds. The first-order chi connectivity index (χ1) is 9.06. The molecule has 0 saturated heterocycles. The summed E-state index contributed by atoms with van der Waals surface area (Å²) in [7, 11) is 0. The van der Waals surface area contributed by atoms with E-state index in [4.69, 9.17) is 0 Å². The summed E-state index contributed by atoms with van der Waals surface area (Å²) in [6.07, 6.45) is 1.15. The average Bonchev–Trinajstić information content (AvgIpc) is 3.01. The molecule has 0 aromatic heterocycles. The number of benzene rings is 1. The van der Waals surface area contributed by atoms with Crippen LogP contribution in [0.4, 0.5) is 0 Å². The van der Waals surface area contributed by atoms with Crippen LogP contribution in [0.3, 0.4) is 0 Å². The zero-order valence-electron chi connectivity index (χ0n) is 19.6. The minimum atomic E-state index is 0. The Hall–Kier alpha value is -0.950. The summed E-state index contributed by atoms with van der Waals surface area (Å²) < 4.78 is 0. The van der Waals surface area contributed by atoms with Gasteiger partial charge < -0.3 is 52.0 Å². The molecule has 3 aromatic carbocycles. The molecule has 0 radical (unpaired) electrons. The van der Waals surface area contributed by atoms with Gasteiger partial charge in [0.2, 0.25) is 0 Å². The van der Waals surface area contributed by atoms with Crippen molar-refractivity contribution in [3.8, 4) is 0 Å². The Morgan fingerprint density at radius 2 is 1.22 bits per heavy atom. The number of hydrogen-bond donors (Lipinski definition) is 0. The topological polar surface area (TPSA) is 0 Å². The summed E-state index contributed by atoms with van der Waals surface area (Å²) in [4.78, 5) is 0. The van der Waals surface area contributed by atoms with E-state index in [1.807, 2.05) is 30.3 Å². The second kappa shape index (κ2) is 21.4. The second-order valence-electron chi connectivity index (χ2n) is 6.15. The largest absolute Gasteiger partial charge is 0.358 e. The molecule has 0 spiro atoms. The van der Waals surface area contributed by atoms with Gasteiger partial charge in [-0.1, -0.05) is 33.3 Å². The minimum absolute atomic E-state index is 0. The maximum Gasteiger partial charge on any atom is 0 e. The Labute approximate surface area is 192 Å². The first-order valence-electron chi connectivity index (χ1n) is 6.86. The van der Waals surface area contributed by atoms with Gasteiger partial charge in [-0.25, -0.2) is 12.1 Å². The van der Waals surface area contributed by atoms with E-state index in [1.165, 1.54) is 16.3 Å². The fraction of sp³-hybridized carbons (Fsp3) is 0.192. The summed E-state index contributed by atoms with van der Waals surface area (Å²) in [5.41, 5.74) is 1.85. The fourth-order valence-electron chi connectivity index (χ4n) is 2.26. The average molecular weight is 534 g/mol. The van der Waals surface area contributed by atoms with Gasteiger partial charge in [-0.2, -0.15) is 24.3 Å². The molecule has 0 heterocycles. The Morgan fingerprint density at radius 3 is 1.63 bits per heavy atom. The van der Waals surface area contributed by atoms with E-state index in [0.29, 0.717) is 5.41 Å². The maximum atomic E-state index is 2.29. The van der Waals surface area contributed by atoms with Crippen molar-refractivity contribution in [2.24, 2.45) is 5.41 Å². The van der Waals surface area contributed by atoms with Crippen molar-refractivity contribution in [3.05, 3.63) is 124 Å². The molecule has 3 aromatic rings. The van der Waals surface area contributed by atoms with Crippen molar-refractivity contribution in [3.63, 3.8) is 0 Å². The molecule has 0 aliphatic carbocycles.